The van der Waals surface area contributed by atoms with E-state index in [1.165, 1.54) is 13.0 Å². The van der Waals surface area contributed by atoms with Gasteiger partial charge in [-0.05, 0) is 19.4 Å². The number of ketones is 3. The van der Waals surface area contributed by atoms with Crippen molar-refractivity contribution in [3.63, 3.8) is 0 Å². The first-order chi connectivity index (χ1) is 9.52. The number of aryl methyl sites for hydroxylation is 1. The average molecular weight is 266 g/mol. The molecule has 0 aromatic heterocycles. The molecule has 0 aliphatic rings. The summed E-state index contributed by atoms with van der Waals surface area (Å²) >= 11 is 0. The molecule has 0 spiro atoms. The lowest BCUT2D eigenvalue weighted by atomic mass is 9.94. The van der Waals surface area contributed by atoms with Crippen LogP contribution in [-0.2, 0) is 0 Å². The Morgan fingerprint density at radius 1 is 0.700 bits per heavy atom. The van der Waals surface area contributed by atoms with Gasteiger partial charge in [-0.1, -0.05) is 48.5 Å². The van der Waals surface area contributed by atoms with Crippen LogP contribution >= 0.6 is 0 Å². The molecule has 2 aromatic carbocycles. The van der Waals surface area contributed by atoms with Crippen LogP contribution in [0, 0.1) is 6.92 Å². The predicted octanol–water partition coefficient (Wildman–Crippen LogP) is 3.26. The standard InChI is InChI=1S/C17H14O3/c1-11-7-3-4-8-13(11)16(19)17(20)15-10-6-5-9-14(15)12(2)18/h3-10H,1-2H3. The second-order valence-electron chi connectivity index (χ2n) is 4.57. The molecule has 0 bridgehead atoms. The highest BCUT2D eigenvalue weighted by molar-refractivity contribution is 6.50. The number of carbonyl (C=O) groups excluding carboxylic acids is 3. The predicted molar refractivity (Wildman–Crippen MR) is 76.3 cm³/mol. The highest BCUT2D eigenvalue weighted by atomic mass is 16.2. The quantitative estimate of drug-likeness (QED) is 0.630. The Balaban J connectivity index is 2.45. The Hall–Kier alpha value is -2.55. The zero-order valence-electron chi connectivity index (χ0n) is 11.3. The fourth-order valence-corrected chi connectivity index (χ4v) is 2.06. The van der Waals surface area contributed by atoms with Gasteiger partial charge in [0, 0.05) is 16.7 Å². The molecular weight excluding hydrogens is 252 g/mol. The molecule has 0 aliphatic heterocycles. The highest BCUT2D eigenvalue weighted by Crippen LogP contribution is 2.15. The first kappa shape index (κ1) is 13.9. The number of benzene rings is 2. The maximum absolute atomic E-state index is 12.3. The molecule has 0 atom stereocenters. The maximum atomic E-state index is 12.3. The van der Waals surface area contributed by atoms with Crippen molar-refractivity contribution in [3.05, 3.63) is 70.8 Å². The number of carbonyl (C=O) groups is 3. The van der Waals surface area contributed by atoms with E-state index in [4.69, 9.17) is 0 Å². The van der Waals surface area contributed by atoms with Crippen LogP contribution in [0.5, 0.6) is 0 Å². The summed E-state index contributed by atoms with van der Waals surface area (Å²) in [5, 5.41) is 0. The Kier molecular flexibility index (Phi) is 3.89. The van der Waals surface area contributed by atoms with E-state index in [2.05, 4.69) is 0 Å². The molecule has 3 nitrogen and oxygen atoms in total. The molecule has 0 radical (unpaired) electrons. The third-order valence-electron chi connectivity index (χ3n) is 3.15. The molecule has 3 heteroatoms. The van der Waals surface area contributed by atoms with Crippen molar-refractivity contribution in [1.29, 1.82) is 0 Å². The fraction of sp³-hybridized carbons (Fsp3) is 0.118. The van der Waals surface area contributed by atoms with Gasteiger partial charge < -0.3 is 0 Å². The van der Waals surface area contributed by atoms with Crippen molar-refractivity contribution >= 4 is 17.3 Å². The lowest BCUT2D eigenvalue weighted by Gasteiger charge is -2.07. The molecule has 0 N–H and O–H groups in total. The van der Waals surface area contributed by atoms with Crippen LogP contribution in [0.15, 0.2) is 48.5 Å². The van der Waals surface area contributed by atoms with Crippen molar-refractivity contribution < 1.29 is 14.4 Å². The number of rotatable bonds is 4. The molecule has 2 aromatic rings. The molecule has 0 aliphatic carbocycles. The van der Waals surface area contributed by atoms with Gasteiger partial charge >= 0.3 is 0 Å². The van der Waals surface area contributed by atoms with E-state index in [-0.39, 0.29) is 16.9 Å². The number of Topliss-reactive ketones (excluding diaryl/α,β-unsaturated/α-hetero) is 3. The smallest absolute Gasteiger partial charge is 0.234 e. The summed E-state index contributed by atoms with van der Waals surface area (Å²) in [6.45, 7) is 3.15. The molecule has 0 saturated heterocycles. The van der Waals surface area contributed by atoms with E-state index in [0.29, 0.717) is 5.56 Å². The molecule has 0 heterocycles. The van der Waals surface area contributed by atoms with E-state index in [1.54, 1.807) is 49.4 Å². The average Bonchev–Trinajstić information content (AvgIpc) is 2.46. The van der Waals surface area contributed by atoms with E-state index in [1.807, 2.05) is 0 Å². The van der Waals surface area contributed by atoms with Crippen LogP contribution in [0.1, 0.15) is 43.6 Å². The van der Waals surface area contributed by atoms with Crippen LogP contribution in [0.2, 0.25) is 0 Å². The van der Waals surface area contributed by atoms with Crippen molar-refractivity contribution in [1.82, 2.24) is 0 Å². The largest absolute Gasteiger partial charge is 0.294 e. The van der Waals surface area contributed by atoms with Crippen molar-refractivity contribution in [3.8, 4) is 0 Å². The van der Waals surface area contributed by atoms with E-state index in [0.717, 1.165) is 5.56 Å². The van der Waals surface area contributed by atoms with Gasteiger partial charge in [-0.3, -0.25) is 14.4 Å². The Morgan fingerprint density at radius 3 is 1.70 bits per heavy atom. The third kappa shape index (κ3) is 2.57. The van der Waals surface area contributed by atoms with Gasteiger partial charge in [0.1, 0.15) is 0 Å². The summed E-state index contributed by atoms with van der Waals surface area (Å²) in [7, 11) is 0. The Morgan fingerprint density at radius 2 is 1.15 bits per heavy atom. The van der Waals surface area contributed by atoms with Crippen LogP contribution in [0.4, 0.5) is 0 Å². The minimum Gasteiger partial charge on any atom is -0.294 e. The summed E-state index contributed by atoms with van der Waals surface area (Å²) < 4.78 is 0. The van der Waals surface area contributed by atoms with E-state index >= 15 is 0 Å². The van der Waals surface area contributed by atoms with Crippen LogP contribution in [0.25, 0.3) is 0 Å². The molecule has 100 valence electrons. The van der Waals surface area contributed by atoms with Crippen molar-refractivity contribution in [2.75, 3.05) is 0 Å². The molecule has 0 unspecified atom stereocenters. The van der Waals surface area contributed by atoms with Crippen LogP contribution < -0.4 is 0 Å². The summed E-state index contributed by atoms with van der Waals surface area (Å²) in [5.74, 6) is -1.46. The van der Waals surface area contributed by atoms with Crippen molar-refractivity contribution in [2.24, 2.45) is 0 Å². The molecule has 0 fully saturated rings. The zero-order chi connectivity index (χ0) is 14.7. The minimum absolute atomic E-state index is 0.160. The van der Waals surface area contributed by atoms with Gasteiger partial charge in [0.2, 0.25) is 11.6 Å². The third-order valence-corrected chi connectivity index (χ3v) is 3.15. The van der Waals surface area contributed by atoms with E-state index in [9.17, 15) is 14.4 Å². The van der Waals surface area contributed by atoms with E-state index < -0.39 is 11.6 Å². The summed E-state index contributed by atoms with van der Waals surface area (Å²) in [6.07, 6.45) is 0. The maximum Gasteiger partial charge on any atom is 0.234 e. The fourth-order valence-electron chi connectivity index (χ4n) is 2.06. The monoisotopic (exact) mass is 266 g/mol. The minimum atomic E-state index is -0.648. The van der Waals surface area contributed by atoms with Crippen LogP contribution in [-0.4, -0.2) is 17.3 Å². The summed E-state index contributed by atoms with van der Waals surface area (Å²) in [6, 6.07) is 13.3. The van der Waals surface area contributed by atoms with Gasteiger partial charge in [-0.15, -0.1) is 0 Å². The van der Waals surface area contributed by atoms with Crippen LogP contribution in [0.3, 0.4) is 0 Å². The van der Waals surface area contributed by atoms with Gasteiger partial charge in [0.25, 0.3) is 0 Å². The molecule has 20 heavy (non-hydrogen) atoms. The first-order valence-electron chi connectivity index (χ1n) is 6.27. The topological polar surface area (TPSA) is 51.2 Å². The lowest BCUT2D eigenvalue weighted by molar-refractivity contribution is 0.0814. The first-order valence-corrected chi connectivity index (χ1v) is 6.27. The molecule has 0 amide bonds. The zero-order valence-corrected chi connectivity index (χ0v) is 11.3. The highest BCUT2D eigenvalue weighted by Gasteiger charge is 2.23. The Labute approximate surface area is 117 Å². The number of hydrogen-bond donors (Lipinski definition) is 0. The normalized spacial score (nSPS) is 10.1. The second kappa shape index (κ2) is 5.61. The number of hydrogen-bond acceptors (Lipinski definition) is 3. The summed E-state index contributed by atoms with van der Waals surface area (Å²) in [5.41, 5.74) is 1.55. The van der Waals surface area contributed by atoms with Crippen molar-refractivity contribution in [2.45, 2.75) is 13.8 Å². The van der Waals surface area contributed by atoms with Gasteiger partial charge in [-0.25, -0.2) is 0 Å². The molecule has 2 rings (SSSR count). The van der Waals surface area contributed by atoms with Gasteiger partial charge in [-0.2, -0.15) is 0 Å². The Bertz CT molecular complexity index is 699. The lowest BCUT2D eigenvalue weighted by Crippen LogP contribution is -2.18. The van der Waals surface area contributed by atoms with Gasteiger partial charge in [0.05, 0.1) is 0 Å². The molecular formula is C17H14O3. The summed E-state index contributed by atoms with van der Waals surface area (Å²) in [4.78, 5) is 36.1. The molecule has 0 saturated carbocycles. The van der Waals surface area contributed by atoms with Gasteiger partial charge in [0.15, 0.2) is 5.78 Å². The SMILES string of the molecule is CC(=O)c1ccccc1C(=O)C(=O)c1ccccc1C. The second-order valence-corrected chi connectivity index (χ2v) is 4.57.